The lowest BCUT2D eigenvalue weighted by molar-refractivity contribution is -0.402. The normalized spacial score (nSPS) is 53.5. The first-order valence-corrected chi connectivity index (χ1v) is 23.7. The molecule has 30 heteroatoms. The van der Waals surface area contributed by atoms with Gasteiger partial charge in [-0.05, 0) is 12.2 Å². The van der Waals surface area contributed by atoms with Crippen molar-refractivity contribution in [3.8, 4) is 0 Å². The van der Waals surface area contributed by atoms with Crippen LogP contribution in [0, 0.1) is 0 Å². The van der Waals surface area contributed by atoms with Crippen molar-refractivity contribution in [2.24, 2.45) is 0 Å². The zero-order chi connectivity index (χ0) is 50.2. The molecule has 0 radical (unpaired) electrons. The summed E-state index contributed by atoms with van der Waals surface area (Å²) in [6.45, 7) is -2.97. The second-order valence-corrected chi connectivity index (χ2v) is 18.9. The van der Waals surface area contributed by atoms with Gasteiger partial charge in [-0.2, -0.15) is 11.8 Å². The lowest BCUT2D eigenvalue weighted by Crippen LogP contribution is -2.69. The third-order valence-corrected chi connectivity index (χ3v) is 14.4. The summed E-state index contributed by atoms with van der Waals surface area (Å²) in [6, 6.07) is 0. The van der Waals surface area contributed by atoms with Crippen molar-refractivity contribution < 1.29 is 144 Å². The maximum absolute atomic E-state index is 11.5. The molecule has 30 atom stereocenters. The number of aliphatic hydroxyl groups excluding tert-OH is 17. The fourth-order valence-electron chi connectivity index (χ4n) is 9.26. The number of ether oxygens (including phenoxy) is 12. The highest BCUT2D eigenvalue weighted by atomic mass is 32.2. The molecule has 0 saturated carbocycles. The maximum Gasteiger partial charge on any atom is 0.187 e. The second-order valence-electron chi connectivity index (χ2n) is 17.7. The van der Waals surface area contributed by atoms with Gasteiger partial charge in [0.2, 0.25) is 0 Å². The second kappa shape index (κ2) is 24.2. The van der Waals surface area contributed by atoms with Crippen LogP contribution in [0.2, 0.25) is 0 Å². The van der Waals surface area contributed by atoms with Crippen LogP contribution < -0.4 is 0 Å². The molecule has 22 heterocycles. The topological polar surface area (TPSA) is 455 Å². The molecule has 0 aromatic carbocycles. The fraction of sp³-hybridized carbons (Fsp3) is 1.00. The summed E-state index contributed by atoms with van der Waals surface area (Å²) in [7, 11) is 0. The minimum absolute atomic E-state index is 0.0228. The summed E-state index contributed by atoms with van der Waals surface area (Å²) in [6.07, 6.45) is -55.9. The van der Waals surface area contributed by atoms with Crippen molar-refractivity contribution in [2.75, 3.05) is 44.5 Å². The van der Waals surface area contributed by atoms with E-state index < -0.39 is 217 Å². The van der Waals surface area contributed by atoms with Crippen molar-refractivity contribution in [1.82, 2.24) is 0 Å². The molecule has 29 nitrogen and oxygen atoms in total. The van der Waals surface area contributed by atoms with Crippen LogP contribution in [0.15, 0.2) is 0 Å². The Kier molecular flexibility index (Phi) is 19.7. The molecule has 0 unspecified atom stereocenters. The summed E-state index contributed by atoms with van der Waals surface area (Å²) in [5.41, 5.74) is 0. The molecule has 69 heavy (non-hydrogen) atoms. The van der Waals surface area contributed by atoms with Crippen molar-refractivity contribution >= 4 is 11.8 Å². The Hall–Kier alpha value is -0.810. The Labute approximate surface area is 397 Å². The lowest BCUT2D eigenvalue weighted by atomic mass is 9.95. The summed E-state index contributed by atoms with van der Waals surface area (Å²) >= 11 is 1.31. The largest absolute Gasteiger partial charge is 0.394 e. The highest BCUT2D eigenvalue weighted by molar-refractivity contribution is 7.99. The molecule has 0 aromatic rings. The predicted molar refractivity (Wildman–Crippen MR) is 216 cm³/mol. The molecular formula is C39H66O29S. The summed E-state index contributed by atoms with van der Waals surface area (Å²) in [5.74, 6) is 0.578. The average Bonchev–Trinajstić information content (AvgIpc) is 3.34. The van der Waals surface area contributed by atoms with E-state index in [1.165, 1.54) is 11.8 Å². The first kappa shape index (κ1) is 55.9. The van der Waals surface area contributed by atoms with Gasteiger partial charge in [-0.15, -0.1) is 0 Å². The van der Waals surface area contributed by atoms with Gasteiger partial charge in [0.1, 0.15) is 140 Å². The van der Waals surface area contributed by atoms with Gasteiger partial charge in [0, 0.05) is 5.75 Å². The van der Waals surface area contributed by atoms with E-state index in [2.05, 4.69) is 0 Å². The molecule has 0 aliphatic carbocycles. The van der Waals surface area contributed by atoms with Crippen LogP contribution in [0.25, 0.3) is 0 Å². The number of hydrogen-bond donors (Lipinski definition) is 17. The van der Waals surface area contributed by atoms with Gasteiger partial charge in [0.05, 0.1) is 39.1 Å². The lowest BCUT2D eigenvalue weighted by Gasteiger charge is -2.50. The minimum atomic E-state index is -2.14. The van der Waals surface area contributed by atoms with Crippen molar-refractivity contribution in [3.05, 3.63) is 0 Å². The molecule has 0 spiro atoms. The van der Waals surface area contributed by atoms with Crippen LogP contribution >= 0.6 is 11.8 Å². The number of hydrogen-bond acceptors (Lipinski definition) is 30. The van der Waals surface area contributed by atoms with E-state index in [9.17, 15) is 86.8 Å². The molecule has 0 amide bonds. The van der Waals surface area contributed by atoms with Crippen LogP contribution in [-0.2, 0) is 56.8 Å². The smallest absolute Gasteiger partial charge is 0.187 e. The Bertz CT molecular complexity index is 1570. The molecule has 22 saturated heterocycles. The molecule has 22 aliphatic rings. The number of rotatable bonds is 9. The molecular weight excluding hydrogens is 964 g/mol. The molecule has 17 N–H and O–H groups in total. The SMILES string of the molecule is CCCSC[C@H]1O[C@@H]2O[C@H]3[C@H](O)[C@@H](O)[C@@H](O[C@H]4[C@H](O)[C@@H](O)[C@@H](O[C@H]5[C@H](O)[C@@H](O)[C@@H](O[C@H]6[C@H](O)[C@@H](O)[C@@H](O[C@H]7[C@H](O)[C@@H](O)[C@@H](O[C@H]1[C@H](O)[C@H]2O)O[C@@H]7CO)O[C@@H]6CO)O[C@@H]5CO)O[C@@H]4CO)O[C@@H]3CO. The Morgan fingerprint density at radius 3 is 0.652 bits per heavy atom. The third kappa shape index (κ3) is 11.4. The monoisotopic (exact) mass is 1030 g/mol. The van der Waals surface area contributed by atoms with E-state index in [4.69, 9.17) is 56.8 Å². The predicted octanol–water partition coefficient (Wildman–Crippen LogP) is -10.9. The maximum atomic E-state index is 11.5. The van der Waals surface area contributed by atoms with Gasteiger partial charge >= 0.3 is 0 Å². The van der Waals surface area contributed by atoms with Crippen LogP contribution in [0.3, 0.4) is 0 Å². The van der Waals surface area contributed by atoms with Crippen LogP contribution in [0.5, 0.6) is 0 Å². The van der Waals surface area contributed by atoms with Gasteiger partial charge in [-0.3, -0.25) is 0 Å². The molecule has 22 fully saturated rings. The van der Waals surface area contributed by atoms with E-state index in [0.717, 1.165) is 0 Å². The quantitative estimate of drug-likeness (QED) is 0.0954. The van der Waals surface area contributed by atoms with Gasteiger partial charge in [0.25, 0.3) is 0 Å². The molecule has 22 aliphatic heterocycles. The minimum Gasteiger partial charge on any atom is -0.394 e. The zero-order valence-electron chi connectivity index (χ0n) is 36.9. The van der Waals surface area contributed by atoms with Gasteiger partial charge in [-0.1, -0.05) is 6.92 Å². The Balaban J connectivity index is 1.20. The first-order chi connectivity index (χ1) is 32.9. The Morgan fingerprint density at radius 1 is 0.275 bits per heavy atom. The summed E-state index contributed by atoms with van der Waals surface area (Å²) < 4.78 is 69.4. The van der Waals surface area contributed by atoms with E-state index in [0.29, 0.717) is 12.2 Å². The highest BCUT2D eigenvalue weighted by Crippen LogP contribution is 2.38. The van der Waals surface area contributed by atoms with Crippen molar-refractivity contribution in [1.29, 1.82) is 0 Å². The highest BCUT2D eigenvalue weighted by Gasteiger charge is 2.58. The standard InChI is InChI=1S/C39H66O29S/c1-2-3-69-9-15-33-21(50)27(56)39(62-15)67-32-14(8-44)60-37(25(54)19(32)48)65-30-12(6-42)58-35(23(52)17(30)46)63-28-10(4-40)57-34(22(51)16(28)45)64-29-11(5-41)59-36(24(53)18(29)47)66-31-13(7-43)61-38(68-33)26(55)20(31)49/h10-56H,2-9H2,1H3/t10-,11-,12-,13-,14-,15-,16-,17-,18-,19-,20-,21-,22-,23-,24-,25-,26-,27-,28-,29-,30-,31-,32-,33-,34-,35-,36-,37-,38-,39-/m1/s1. The van der Waals surface area contributed by atoms with Gasteiger partial charge in [-0.25, -0.2) is 0 Å². The summed E-state index contributed by atoms with van der Waals surface area (Å²) in [4.78, 5) is 0. The average molecular weight is 1030 g/mol. The van der Waals surface area contributed by atoms with Gasteiger partial charge in [0.15, 0.2) is 37.7 Å². The van der Waals surface area contributed by atoms with E-state index >= 15 is 0 Å². The van der Waals surface area contributed by atoms with Crippen LogP contribution in [-0.4, -0.2) is 316 Å². The van der Waals surface area contributed by atoms with E-state index in [-0.39, 0.29) is 5.75 Å². The van der Waals surface area contributed by atoms with Gasteiger partial charge < -0.3 is 144 Å². The van der Waals surface area contributed by atoms with Crippen LogP contribution in [0.1, 0.15) is 13.3 Å². The van der Waals surface area contributed by atoms with Crippen molar-refractivity contribution in [3.63, 3.8) is 0 Å². The number of thioether (sulfide) groups is 1. The fourth-order valence-corrected chi connectivity index (χ4v) is 10.2. The van der Waals surface area contributed by atoms with E-state index in [1.54, 1.807) is 0 Å². The number of aliphatic hydroxyl groups is 17. The molecule has 12 bridgehead atoms. The van der Waals surface area contributed by atoms with Crippen molar-refractivity contribution in [2.45, 2.75) is 198 Å². The molecule has 0 aromatic heterocycles. The zero-order valence-corrected chi connectivity index (χ0v) is 37.7. The van der Waals surface area contributed by atoms with E-state index in [1.807, 2.05) is 6.92 Å². The summed E-state index contributed by atoms with van der Waals surface area (Å²) in [5, 5.41) is 187. The Morgan fingerprint density at radius 2 is 0.464 bits per heavy atom. The van der Waals surface area contributed by atoms with Crippen LogP contribution in [0.4, 0.5) is 0 Å². The molecule has 402 valence electrons. The molecule has 22 rings (SSSR count). The third-order valence-electron chi connectivity index (χ3n) is 13.1. The first-order valence-electron chi connectivity index (χ1n) is 22.6.